The Bertz CT molecular complexity index is 595. The van der Waals surface area contributed by atoms with Crippen molar-refractivity contribution in [3.63, 3.8) is 0 Å². The molecule has 0 radical (unpaired) electrons. The summed E-state index contributed by atoms with van der Waals surface area (Å²) in [4.78, 5) is 14.8. The molecule has 1 aromatic carbocycles. The van der Waals surface area contributed by atoms with Crippen molar-refractivity contribution in [1.82, 2.24) is 15.2 Å². The van der Waals surface area contributed by atoms with Gasteiger partial charge in [-0.1, -0.05) is 0 Å². The van der Waals surface area contributed by atoms with Gasteiger partial charge in [-0.25, -0.2) is 18.6 Å². The van der Waals surface area contributed by atoms with Crippen molar-refractivity contribution in [1.29, 1.82) is 0 Å². The molecule has 0 unspecified atom stereocenters. The van der Waals surface area contributed by atoms with Crippen LogP contribution in [0.5, 0.6) is 0 Å². The molecule has 0 saturated heterocycles. The van der Waals surface area contributed by atoms with Gasteiger partial charge in [0, 0.05) is 5.56 Å². The first kappa shape index (κ1) is 11.2. The number of hydrogen-bond acceptors (Lipinski definition) is 3. The van der Waals surface area contributed by atoms with Crippen LogP contribution < -0.4 is 0 Å². The third kappa shape index (κ3) is 1.99. The van der Waals surface area contributed by atoms with Gasteiger partial charge in [-0.2, -0.15) is 5.10 Å². The summed E-state index contributed by atoms with van der Waals surface area (Å²) in [6.45, 7) is 1.61. The molecule has 0 atom stereocenters. The summed E-state index contributed by atoms with van der Waals surface area (Å²) in [5.74, 6) is -3.29. The Labute approximate surface area is 94.1 Å². The van der Waals surface area contributed by atoms with Crippen LogP contribution in [0.4, 0.5) is 8.78 Å². The lowest BCUT2D eigenvalue weighted by Gasteiger charge is -2.03. The van der Waals surface area contributed by atoms with Crippen molar-refractivity contribution in [2.45, 2.75) is 6.92 Å². The molecule has 0 fully saturated rings. The van der Waals surface area contributed by atoms with Gasteiger partial charge in [0.15, 0.2) is 17.5 Å². The van der Waals surface area contributed by atoms with Crippen molar-refractivity contribution in [2.75, 3.05) is 0 Å². The van der Waals surface area contributed by atoms with E-state index in [1.165, 1.54) is 0 Å². The summed E-state index contributed by atoms with van der Waals surface area (Å²) < 4.78 is 26.0. The van der Waals surface area contributed by atoms with Gasteiger partial charge in [0.05, 0.1) is 5.56 Å². The van der Waals surface area contributed by atoms with Crippen LogP contribution in [0.25, 0.3) is 11.4 Å². The van der Waals surface area contributed by atoms with Gasteiger partial charge in [0.1, 0.15) is 5.82 Å². The maximum atomic E-state index is 13.1. The number of aromatic nitrogens is 3. The number of aromatic carboxylic acids is 1. The average molecular weight is 239 g/mol. The van der Waals surface area contributed by atoms with Crippen molar-refractivity contribution >= 4 is 5.97 Å². The Hall–Kier alpha value is -2.31. The molecule has 0 spiro atoms. The van der Waals surface area contributed by atoms with Crippen LogP contribution in [0.3, 0.4) is 0 Å². The van der Waals surface area contributed by atoms with Gasteiger partial charge < -0.3 is 5.11 Å². The molecule has 0 aliphatic heterocycles. The summed E-state index contributed by atoms with van der Waals surface area (Å²) >= 11 is 0. The third-order valence-corrected chi connectivity index (χ3v) is 2.13. The van der Waals surface area contributed by atoms with Crippen LogP contribution in [0.1, 0.15) is 16.2 Å². The highest BCUT2D eigenvalue weighted by Crippen LogP contribution is 2.23. The first-order valence-corrected chi connectivity index (χ1v) is 4.60. The van der Waals surface area contributed by atoms with Crippen molar-refractivity contribution in [3.8, 4) is 11.4 Å². The van der Waals surface area contributed by atoms with Gasteiger partial charge in [0.25, 0.3) is 0 Å². The lowest BCUT2D eigenvalue weighted by atomic mass is 10.1. The van der Waals surface area contributed by atoms with E-state index in [4.69, 9.17) is 5.11 Å². The molecule has 1 heterocycles. The molecule has 2 N–H and O–H groups in total. The van der Waals surface area contributed by atoms with Crippen molar-refractivity contribution in [2.24, 2.45) is 0 Å². The zero-order valence-corrected chi connectivity index (χ0v) is 8.66. The van der Waals surface area contributed by atoms with Crippen molar-refractivity contribution < 1.29 is 18.7 Å². The molecule has 2 rings (SSSR count). The van der Waals surface area contributed by atoms with E-state index in [2.05, 4.69) is 15.2 Å². The fourth-order valence-electron chi connectivity index (χ4n) is 1.37. The van der Waals surface area contributed by atoms with E-state index in [1.54, 1.807) is 6.92 Å². The second-order valence-corrected chi connectivity index (χ2v) is 3.36. The Kier molecular flexibility index (Phi) is 2.58. The maximum absolute atomic E-state index is 13.1. The highest BCUT2D eigenvalue weighted by atomic mass is 19.2. The number of carbonyl (C=O) groups is 1. The van der Waals surface area contributed by atoms with Crippen LogP contribution >= 0.6 is 0 Å². The smallest absolute Gasteiger partial charge is 0.336 e. The number of H-pyrrole nitrogens is 1. The molecule has 0 aliphatic carbocycles. The predicted molar refractivity (Wildman–Crippen MR) is 53.4 cm³/mol. The molecule has 7 heteroatoms. The SMILES string of the molecule is Cc1nc(-c2cc(F)c(F)cc2C(=O)O)n[nH]1. The molecule has 2 aromatic rings. The number of halogens is 2. The lowest BCUT2D eigenvalue weighted by Crippen LogP contribution is -2.03. The molecule has 88 valence electrons. The summed E-state index contributed by atoms with van der Waals surface area (Å²) in [5.41, 5.74) is -0.455. The van der Waals surface area contributed by atoms with E-state index < -0.39 is 17.6 Å². The van der Waals surface area contributed by atoms with Gasteiger partial charge in [-0.15, -0.1) is 0 Å². The van der Waals surface area contributed by atoms with Gasteiger partial charge in [-0.05, 0) is 19.1 Å². The van der Waals surface area contributed by atoms with Gasteiger partial charge in [0.2, 0.25) is 0 Å². The lowest BCUT2D eigenvalue weighted by molar-refractivity contribution is 0.0697. The van der Waals surface area contributed by atoms with E-state index in [-0.39, 0.29) is 17.0 Å². The number of benzene rings is 1. The highest BCUT2D eigenvalue weighted by Gasteiger charge is 2.19. The fraction of sp³-hybridized carbons (Fsp3) is 0.100. The Morgan fingerprint density at radius 3 is 2.53 bits per heavy atom. The monoisotopic (exact) mass is 239 g/mol. The van der Waals surface area contributed by atoms with Crippen LogP contribution in [0.2, 0.25) is 0 Å². The molecule has 0 aliphatic rings. The predicted octanol–water partition coefficient (Wildman–Crippen LogP) is 1.76. The molecular weight excluding hydrogens is 232 g/mol. The van der Waals surface area contributed by atoms with E-state index in [9.17, 15) is 13.6 Å². The average Bonchev–Trinajstić information content (AvgIpc) is 2.68. The minimum absolute atomic E-state index is 0.0128. The van der Waals surface area contributed by atoms with Gasteiger partial charge in [-0.3, -0.25) is 5.10 Å². The zero-order valence-electron chi connectivity index (χ0n) is 8.66. The fourth-order valence-corrected chi connectivity index (χ4v) is 1.37. The topological polar surface area (TPSA) is 78.9 Å². The van der Waals surface area contributed by atoms with Crippen LogP contribution in [-0.4, -0.2) is 26.3 Å². The maximum Gasteiger partial charge on any atom is 0.336 e. The van der Waals surface area contributed by atoms with Crippen LogP contribution in [0.15, 0.2) is 12.1 Å². The Balaban J connectivity index is 2.67. The summed E-state index contributed by atoms with van der Waals surface area (Å²) in [6.07, 6.45) is 0. The van der Waals surface area contributed by atoms with Crippen LogP contribution in [-0.2, 0) is 0 Å². The highest BCUT2D eigenvalue weighted by molar-refractivity contribution is 5.95. The minimum atomic E-state index is -1.37. The third-order valence-electron chi connectivity index (χ3n) is 2.13. The molecule has 5 nitrogen and oxygen atoms in total. The number of aromatic amines is 1. The van der Waals surface area contributed by atoms with Crippen molar-refractivity contribution in [3.05, 3.63) is 35.2 Å². The first-order valence-electron chi connectivity index (χ1n) is 4.60. The number of carboxylic acid groups (broad SMARTS) is 1. The second-order valence-electron chi connectivity index (χ2n) is 3.36. The summed E-state index contributed by atoms with van der Waals surface area (Å²) in [7, 11) is 0. The number of rotatable bonds is 2. The standard InChI is InChI=1S/C10H7F2N3O2/c1-4-13-9(15-14-4)5-2-7(11)8(12)3-6(5)10(16)17/h2-3H,1H3,(H,16,17)(H,13,14,15). The van der Waals surface area contributed by atoms with Gasteiger partial charge >= 0.3 is 5.97 Å². The number of hydrogen-bond donors (Lipinski definition) is 2. The zero-order chi connectivity index (χ0) is 12.6. The number of nitrogens with zero attached hydrogens (tertiary/aromatic N) is 2. The first-order chi connectivity index (χ1) is 7.99. The molecule has 0 saturated carbocycles. The second kappa shape index (κ2) is 3.93. The molecular formula is C10H7F2N3O2. The minimum Gasteiger partial charge on any atom is -0.478 e. The number of nitrogens with one attached hydrogen (secondary N) is 1. The Morgan fingerprint density at radius 2 is 2.00 bits per heavy atom. The normalized spacial score (nSPS) is 10.5. The van der Waals surface area contributed by atoms with E-state index >= 15 is 0 Å². The number of aryl methyl sites for hydroxylation is 1. The van der Waals surface area contributed by atoms with Crippen LogP contribution in [0, 0.1) is 18.6 Å². The Morgan fingerprint density at radius 1 is 1.35 bits per heavy atom. The van der Waals surface area contributed by atoms with E-state index in [1.807, 2.05) is 0 Å². The summed E-state index contributed by atoms with van der Waals surface area (Å²) in [5, 5.41) is 15.1. The number of carboxylic acids is 1. The van der Waals surface area contributed by atoms with E-state index in [0.29, 0.717) is 11.9 Å². The largest absolute Gasteiger partial charge is 0.478 e. The molecule has 0 bridgehead atoms. The van der Waals surface area contributed by atoms with E-state index in [0.717, 1.165) is 6.07 Å². The quantitative estimate of drug-likeness (QED) is 0.836. The molecule has 17 heavy (non-hydrogen) atoms. The summed E-state index contributed by atoms with van der Waals surface area (Å²) in [6, 6.07) is 1.38. The molecule has 0 amide bonds. The molecule has 1 aromatic heterocycles.